The molecule has 4 nitrogen and oxygen atoms in total. The number of benzene rings is 2. The molecule has 3 aromatic rings. The van der Waals surface area contributed by atoms with Crippen molar-refractivity contribution in [1.29, 1.82) is 0 Å². The minimum absolute atomic E-state index is 0.0961. The summed E-state index contributed by atoms with van der Waals surface area (Å²) in [7, 11) is 0. The molecule has 0 spiro atoms. The largest absolute Gasteiger partial charge is 0.508 e. The van der Waals surface area contributed by atoms with E-state index in [4.69, 9.17) is 0 Å². The van der Waals surface area contributed by atoms with Gasteiger partial charge in [-0.25, -0.2) is 0 Å². The molecule has 1 saturated heterocycles. The number of phenols is 1. The summed E-state index contributed by atoms with van der Waals surface area (Å²) < 4.78 is 1.23. The van der Waals surface area contributed by atoms with Crippen molar-refractivity contribution >= 4 is 21.4 Å². The fourth-order valence-electron chi connectivity index (χ4n) is 3.88. The Kier molecular flexibility index (Phi) is 5.45. The Morgan fingerprint density at radius 1 is 1.00 bits per heavy atom. The highest BCUT2D eigenvalue weighted by Gasteiger charge is 2.28. The molecule has 2 N–H and O–H groups in total. The highest BCUT2D eigenvalue weighted by Crippen LogP contribution is 2.33. The van der Waals surface area contributed by atoms with Gasteiger partial charge in [-0.05, 0) is 41.5 Å². The van der Waals surface area contributed by atoms with E-state index >= 15 is 0 Å². The quantitative estimate of drug-likeness (QED) is 0.704. The molecule has 0 bridgehead atoms. The molecule has 5 heteroatoms. The van der Waals surface area contributed by atoms with Gasteiger partial charge in [0.1, 0.15) is 5.75 Å². The number of hydrogen-bond acceptors (Lipinski definition) is 5. The Bertz CT molecular complexity index is 885. The van der Waals surface area contributed by atoms with Crippen molar-refractivity contribution < 1.29 is 10.2 Å². The van der Waals surface area contributed by atoms with E-state index in [1.807, 2.05) is 24.3 Å². The van der Waals surface area contributed by atoms with Crippen LogP contribution in [0.1, 0.15) is 24.2 Å². The summed E-state index contributed by atoms with van der Waals surface area (Å²) in [6.07, 6.45) is -0.468. The third-order valence-corrected chi connectivity index (χ3v) is 6.59. The number of rotatable bonds is 5. The van der Waals surface area contributed by atoms with Crippen molar-refractivity contribution in [2.75, 3.05) is 26.2 Å². The van der Waals surface area contributed by atoms with Crippen LogP contribution in [0.2, 0.25) is 0 Å². The highest BCUT2D eigenvalue weighted by atomic mass is 32.1. The summed E-state index contributed by atoms with van der Waals surface area (Å²) in [4.78, 5) is 4.83. The second-order valence-electron chi connectivity index (χ2n) is 7.35. The van der Waals surface area contributed by atoms with Crippen LogP contribution in [0, 0.1) is 0 Å². The molecule has 2 atom stereocenters. The van der Waals surface area contributed by atoms with E-state index < -0.39 is 6.10 Å². The van der Waals surface area contributed by atoms with Gasteiger partial charge in [-0.3, -0.25) is 9.80 Å². The van der Waals surface area contributed by atoms with Gasteiger partial charge >= 0.3 is 0 Å². The maximum Gasteiger partial charge on any atom is 0.115 e. The molecular weight excluding hydrogens is 356 g/mol. The zero-order valence-corrected chi connectivity index (χ0v) is 16.4. The first kappa shape index (κ1) is 18.4. The van der Waals surface area contributed by atoms with Crippen LogP contribution >= 0.6 is 11.3 Å². The lowest BCUT2D eigenvalue weighted by molar-refractivity contribution is 0.0252. The molecule has 1 aliphatic heterocycles. The SMILES string of the molecule is CC(C(O)c1csc2ccccc12)N1CCN(Cc2ccc(O)cc2)CC1. The predicted octanol–water partition coefficient (Wildman–Crippen LogP) is 3.85. The minimum atomic E-state index is -0.468. The van der Waals surface area contributed by atoms with Gasteiger partial charge in [0.05, 0.1) is 6.10 Å². The average Bonchev–Trinajstić information content (AvgIpc) is 3.13. The van der Waals surface area contributed by atoms with Gasteiger partial charge in [0.2, 0.25) is 0 Å². The summed E-state index contributed by atoms with van der Waals surface area (Å²) in [6.45, 7) is 6.92. The number of nitrogens with zero attached hydrogens (tertiary/aromatic N) is 2. The number of aromatic hydroxyl groups is 1. The summed E-state index contributed by atoms with van der Waals surface area (Å²) in [6, 6.07) is 15.9. The Balaban J connectivity index is 1.36. The number of aliphatic hydroxyl groups excluding tert-OH is 1. The molecule has 2 aromatic carbocycles. The van der Waals surface area contributed by atoms with Crippen molar-refractivity contribution in [3.05, 3.63) is 65.0 Å². The van der Waals surface area contributed by atoms with Crippen LogP contribution in [0.5, 0.6) is 5.75 Å². The summed E-state index contributed by atoms with van der Waals surface area (Å²) in [5.74, 6) is 0.312. The standard InChI is InChI=1S/C22H26N2O2S/c1-16(22(26)20-15-27-21-5-3-2-4-19(20)21)24-12-10-23(11-13-24)14-17-6-8-18(25)9-7-17/h2-9,15-16,22,25-26H,10-14H2,1H3. The van der Waals surface area contributed by atoms with E-state index in [-0.39, 0.29) is 6.04 Å². The number of thiophene rings is 1. The molecule has 2 heterocycles. The fraction of sp³-hybridized carbons (Fsp3) is 0.364. The van der Waals surface area contributed by atoms with Gasteiger partial charge in [0, 0.05) is 49.0 Å². The van der Waals surface area contributed by atoms with Crippen LogP contribution in [-0.4, -0.2) is 52.2 Å². The molecule has 4 rings (SSSR count). The van der Waals surface area contributed by atoms with Gasteiger partial charge in [-0.1, -0.05) is 30.3 Å². The maximum absolute atomic E-state index is 11.0. The second-order valence-corrected chi connectivity index (χ2v) is 8.26. The molecule has 2 unspecified atom stereocenters. The number of piperazine rings is 1. The lowest BCUT2D eigenvalue weighted by atomic mass is 10.0. The molecule has 0 amide bonds. The van der Waals surface area contributed by atoms with Crippen molar-refractivity contribution in [1.82, 2.24) is 9.80 Å². The number of hydrogen-bond donors (Lipinski definition) is 2. The monoisotopic (exact) mass is 382 g/mol. The van der Waals surface area contributed by atoms with Gasteiger partial charge in [-0.2, -0.15) is 0 Å². The van der Waals surface area contributed by atoms with Crippen molar-refractivity contribution in [3.63, 3.8) is 0 Å². The zero-order chi connectivity index (χ0) is 18.8. The van der Waals surface area contributed by atoms with E-state index in [2.05, 4.69) is 34.2 Å². The number of aliphatic hydroxyl groups is 1. The van der Waals surface area contributed by atoms with E-state index in [9.17, 15) is 10.2 Å². The summed E-state index contributed by atoms with van der Waals surface area (Å²) >= 11 is 1.70. The van der Waals surface area contributed by atoms with Crippen LogP contribution < -0.4 is 0 Å². The van der Waals surface area contributed by atoms with Gasteiger partial charge in [0.15, 0.2) is 0 Å². The summed E-state index contributed by atoms with van der Waals surface area (Å²) in [5, 5.41) is 23.7. The Hall–Kier alpha value is -1.92. The van der Waals surface area contributed by atoms with Gasteiger partial charge in [0.25, 0.3) is 0 Å². The Labute approximate surface area is 164 Å². The highest BCUT2D eigenvalue weighted by molar-refractivity contribution is 7.17. The third-order valence-electron chi connectivity index (χ3n) is 5.61. The first-order chi connectivity index (χ1) is 13.1. The van der Waals surface area contributed by atoms with E-state index in [1.165, 1.54) is 15.6 Å². The normalized spacial score (nSPS) is 18.6. The molecule has 27 heavy (non-hydrogen) atoms. The lowest BCUT2D eigenvalue weighted by Crippen LogP contribution is -2.50. The first-order valence-electron chi connectivity index (χ1n) is 9.50. The van der Waals surface area contributed by atoms with Crippen molar-refractivity contribution in [2.45, 2.75) is 25.6 Å². The first-order valence-corrected chi connectivity index (χ1v) is 10.4. The number of phenolic OH excluding ortho intramolecular Hbond substituents is 1. The van der Waals surface area contributed by atoms with Crippen LogP contribution in [0.4, 0.5) is 0 Å². The Morgan fingerprint density at radius 3 is 2.44 bits per heavy atom. The van der Waals surface area contributed by atoms with Crippen LogP contribution in [0.15, 0.2) is 53.9 Å². The molecule has 0 aliphatic carbocycles. The minimum Gasteiger partial charge on any atom is -0.508 e. The van der Waals surface area contributed by atoms with Gasteiger partial charge in [-0.15, -0.1) is 11.3 Å². The second kappa shape index (κ2) is 7.98. The molecule has 1 aromatic heterocycles. The predicted molar refractivity (Wildman–Crippen MR) is 111 cm³/mol. The van der Waals surface area contributed by atoms with E-state index in [0.29, 0.717) is 5.75 Å². The molecule has 142 valence electrons. The Morgan fingerprint density at radius 2 is 1.70 bits per heavy atom. The van der Waals surface area contributed by atoms with Crippen LogP contribution in [0.25, 0.3) is 10.1 Å². The molecule has 1 fully saturated rings. The number of fused-ring (bicyclic) bond motifs is 1. The lowest BCUT2D eigenvalue weighted by Gasteiger charge is -2.39. The topological polar surface area (TPSA) is 46.9 Å². The smallest absolute Gasteiger partial charge is 0.115 e. The van der Waals surface area contributed by atoms with Gasteiger partial charge < -0.3 is 10.2 Å². The average molecular weight is 383 g/mol. The molecule has 1 aliphatic rings. The van der Waals surface area contributed by atoms with Crippen molar-refractivity contribution in [3.8, 4) is 5.75 Å². The molecule has 0 radical (unpaired) electrons. The van der Waals surface area contributed by atoms with E-state index in [1.54, 1.807) is 23.5 Å². The van der Waals surface area contributed by atoms with E-state index in [0.717, 1.165) is 38.3 Å². The molecular formula is C22H26N2O2S. The fourth-order valence-corrected chi connectivity index (χ4v) is 4.87. The zero-order valence-electron chi connectivity index (χ0n) is 15.6. The van der Waals surface area contributed by atoms with Crippen LogP contribution in [-0.2, 0) is 6.54 Å². The maximum atomic E-state index is 11.0. The third kappa shape index (κ3) is 4.01. The van der Waals surface area contributed by atoms with Crippen LogP contribution in [0.3, 0.4) is 0 Å². The van der Waals surface area contributed by atoms with Crippen molar-refractivity contribution in [2.24, 2.45) is 0 Å². The molecule has 0 saturated carbocycles. The summed E-state index contributed by atoms with van der Waals surface area (Å²) in [5.41, 5.74) is 2.27.